The predicted octanol–water partition coefficient (Wildman–Crippen LogP) is 12.0. The highest BCUT2D eigenvalue weighted by atomic mass is 16.5. The number of para-hydroxylation sites is 4. The van der Waals surface area contributed by atoms with Crippen LogP contribution in [0.1, 0.15) is 25.0 Å². The number of ether oxygens (including phenoxy) is 1. The van der Waals surface area contributed by atoms with Gasteiger partial charge in [-0.1, -0.05) is 92.7 Å². The molecule has 1 aliphatic rings. The maximum Gasteiger partial charge on any atom is 0.145 e. The molecule has 0 bridgehead atoms. The zero-order chi connectivity index (χ0) is 35.3. The Labute approximate surface area is 305 Å². The Balaban J connectivity index is 1.09. The Morgan fingerprint density at radius 3 is 2.19 bits per heavy atom. The Morgan fingerprint density at radius 1 is 0.566 bits per heavy atom. The zero-order valence-electron chi connectivity index (χ0n) is 29.2. The van der Waals surface area contributed by atoms with E-state index in [1.807, 2.05) is 24.7 Å². The maximum absolute atomic E-state index is 6.67. The lowest BCUT2D eigenvalue weighted by Crippen LogP contribution is -2.31. The van der Waals surface area contributed by atoms with Gasteiger partial charge in [0.05, 0.1) is 34.1 Å². The first-order valence-corrected chi connectivity index (χ1v) is 18.0. The summed E-state index contributed by atoms with van der Waals surface area (Å²) in [6.07, 6.45) is 5.92. The SMILES string of the molecule is CC1(C)c2ccccc2N(c2cccc(Oc3ccc4c5ccccc5n5ccnc5c4c3)c2)c2ncc3c(c21)c1ccccc1n3-c1ccccc1. The van der Waals surface area contributed by atoms with Crippen LogP contribution in [0.15, 0.2) is 164 Å². The molecule has 0 atom stereocenters. The number of rotatable bonds is 4. The molecular weight excluding hydrogens is 651 g/mol. The summed E-state index contributed by atoms with van der Waals surface area (Å²) in [7, 11) is 0. The van der Waals surface area contributed by atoms with Gasteiger partial charge in [0, 0.05) is 56.7 Å². The van der Waals surface area contributed by atoms with E-state index in [0.717, 1.165) is 67.3 Å². The largest absolute Gasteiger partial charge is 0.457 e. The molecule has 252 valence electrons. The minimum Gasteiger partial charge on any atom is -0.457 e. The van der Waals surface area contributed by atoms with Gasteiger partial charge in [-0.2, -0.15) is 0 Å². The second-order valence-electron chi connectivity index (χ2n) is 14.3. The number of fused-ring (bicyclic) bond motifs is 12. The van der Waals surface area contributed by atoms with Crippen LogP contribution in [0.4, 0.5) is 17.2 Å². The number of hydrogen-bond donors (Lipinski definition) is 0. The lowest BCUT2D eigenvalue weighted by Gasteiger charge is -2.41. The highest BCUT2D eigenvalue weighted by Gasteiger charge is 2.40. The van der Waals surface area contributed by atoms with Crippen LogP contribution in [0, 0.1) is 0 Å². The number of nitrogens with zero attached hydrogens (tertiary/aromatic N) is 5. The number of pyridine rings is 2. The van der Waals surface area contributed by atoms with Gasteiger partial charge in [0.2, 0.25) is 0 Å². The summed E-state index contributed by atoms with van der Waals surface area (Å²) in [5.41, 5.74) is 9.63. The van der Waals surface area contributed by atoms with Crippen molar-refractivity contribution in [2.45, 2.75) is 19.3 Å². The fourth-order valence-electron chi connectivity index (χ4n) is 8.70. The average Bonchev–Trinajstić information content (AvgIpc) is 3.83. The molecule has 6 heteroatoms. The second-order valence-corrected chi connectivity index (χ2v) is 14.3. The summed E-state index contributed by atoms with van der Waals surface area (Å²) >= 11 is 0. The molecule has 0 spiro atoms. The normalized spacial score (nSPS) is 13.6. The monoisotopic (exact) mass is 683 g/mol. The molecule has 6 aromatic carbocycles. The smallest absolute Gasteiger partial charge is 0.145 e. The van der Waals surface area contributed by atoms with Gasteiger partial charge >= 0.3 is 0 Å². The summed E-state index contributed by atoms with van der Waals surface area (Å²) in [5, 5.41) is 5.81. The van der Waals surface area contributed by atoms with Crippen LogP contribution >= 0.6 is 0 Å². The molecule has 53 heavy (non-hydrogen) atoms. The van der Waals surface area contributed by atoms with Gasteiger partial charge in [0.1, 0.15) is 23.0 Å². The van der Waals surface area contributed by atoms with Gasteiger partial charge in [-0.15, -0.1) is 0 Å². The highest BCUT2D eigenvalue weighted by molar-refractivity contribution is 6.14. The van der Waals surface area contributed by atoms with Crippen molar-refractivity contribution in [1.82, 2.24) is 18.9 Å². The van der Waals surface area contributed by atoms with Crippen LogP contribution < -0.4 is 9.64 Å². The molecule has 1 aliphatic heterocycles. The fraction of sp³-hybridized carbons (Fsp3) is 0.0638. The Hall–Kier alpha value is -6.92. The molecule has 11 rings (SSSR count). The topological polar surface area (TPSA) is 47.6 Å². The first kappa shape index (κ1) is 29.8. The lowest BCUT2D eigenvalue weighted by atomic mass is 9.73. The van der Waals surface area contributed by atoms with E-state index in [1.165, 1.54) is 27.3 Å². The third kappa shape index (κ3) is 4.26. The molecule has 0 fully saturated rings. The Bertz CT molecular complexity index is 3080. The zero-order valence-corrected chi connectivity index (χ0v) is 29.2. The number of aromatic nitrogens is 4. The molecule has 0 saturated heterocycles. The highest BCUT2D eigenvalue weighted by Crippen LogP contribution is 2.54. The van der Waals surface area contributed by atoms with E-state index >= 15 is 0 Å². The number of anilines is 3. The summed E-state index contributed by atoms with van der Waals surface area (Å²) in [6, 6.07) is 51.1. The molecular formula is C47H33N5O. The van der Waals surface area contributed by atoms with E-state index in [-0.39, 0.29) is 5.41 Å². The van der Waals surface area contributed by atoms with Gasteiger partial charge in [0.15, 0.2) is 0 Å². The van der Waals surface area contributed by atoms with E-state index in [9.17, 15) is 0 Å². The fourth-order valence-corrected chi connectivity index (χ4v) is 8.70. The maximum atomic E-state index is 6.67. The van der Waals surface area contributed by atoms with Crippen molar-refractivity contribution in [3.8, 4) is 17.2 Å². The number of hydrogen-bond acceptors (Lipinski definition) is 4. The van der Waals surface area contributed by atoms with Crippen LogP contribution in [0.5, 0.6) is 11.5 Å². The van der Waals surface area contributed by atoms with E-state index in [1.54, 1.807) is 0 Å². The third-order valence-electron chi connectivity index (χ3n) is 11.0. The van der Waals surface area contributed by atoms with Crippen LogP contribution in [-0.4, -0.2) is 18.9 Å². The molecule has 0 amide bonds. The summed E-state index contributed by atoms with van der Waals surface area (Å²) in [5.74, 6) is 2.42. The summed E-state index contributed by atoms with van der Waals surface area (Å²) in [4.78, 5) is 12.4. The molecule has 0 aliphatic carbocycles. The predicted molar refractivity (Wildman–Crippen MR) is 216 cm³/mol. The number of benzene rings is 6. The number of imidazole rings is 1. The van der Waals surface area contributed by atoms with E-state index < -0.39 is 0 Å². The van der Waals surface area contributed by atoms with Gasteiger partial charge in [-0.05, 0) is 71.6 Å². The molecule has 0 N–H and O–H groups in total. The molecule has 0 radical (unpaired) electrons. The Morgan fingerprint density at radius 2 is 1.30 bits per heavy atom. The van der Waals surface area contributed by atoms with Gasteiger partial charge in [-0.3, -0.25) is 9.30 Å². The van der Waals surface area contributed by atoms with Crippen molar-refractivity contribution < 1.29 is 4.74 Å². The average molecular weight is 684 g/mol. The van der Waals surface area contributed by atoms with Crippen LogP contribution in [0.25, 0.3) is 54.8 Å². The van der Waals surface area contributed by atoms with Crippen LogP contribution in [0.2, 0.25) is 0 Å². The van der Waals surface area contributed by atoms with E-state index in [0.29, 0.717) is 0 Å². The second kappa shape index (κ2) is 11.0. The molecule has 10 aromatic rings. The van der Waals surface area contributed by atoms with Gasteiger partial charge in [0.25, 0.3) is 0 Å². The standard InChI is InChI=1S/C47H33N5O/c1-47(2)38-19-8-11-22-41(38)52(46-44(47)43-36-18-7-10-21-40(36)51(42(43)29-49-46)30-13-4-3-5-14-30)31-15-12-16-32(27-31)53-33-23-24-34-35-17-6-9-20-39(35)50-26-25-48-45(50)37(34)28-33/h3-29H,1-2H3. The van der Waals surface area contributed by atoms with Gasteiger partial charge < -0.3 is 9.30 Å². The molecule has 0 unspecified atom stereocenters. The van der Waals surface area contributed by atoms with Crippen molar-refractivity contribution in [2.75, 3.05) is 4.90 Å². The van der Waals surface area contributed by atoms with Crippen molar-refractivity contribution in [2.24, 2.45) is 0 Å². The van der Waals surface area contributed by atoms with Crippen molar-refractivity contribution >= 4 is 66.3 Å². The van der Waals surface area contributed by atoms with Crippen molar-refractivity contribution in [3.63, 3.8) is 0 Å². The minimum absolute atomic E-state index is 0.331. The molecule has 0 saturated carbocycles. The van der Waals surface area contributed by atoms with Crippen LogP contribution in [-0.2, 0) is 5.41 Å². The third-order valence-corrected chi connectivity index (χ3v) is 11.0. The van der Waals surface area contributed by atoms with Crippen molar-refractivity contribution in [3.05, 3.63) is 175 Å². The lowest BCUT2D eigenvalue weighted by molar-refractivity contribution is 0.483. The minimum atomic E-state index is -0.331. The first-order valence-electron chi connectivity index (χ1n) is 18.0. The first-order chi connectivity index (χ1) is 26.1. The summed E-state index contributed by atoms with van der Waals surface area (Å²) < 4.78 is 11.2. The van der Waals surface area contributed by atoms with Crippen LogP contribution in [0.3, 0.4) is 0 Å². The van der Waals surface area contributed by atoms with Crippen molar-refractivity contribution in [1.29, 1.82) is 0 Å². The van der Waals surface area contributed by atoms with Gasteiger partial charge in [-0.25, -0.2) is 9.97 Å². The molecule has 5 heterocycles. The Kier molecular flexibility index (Phi) is 6.20. The van der Waals surface area contributed by atoms with E-state index in [2.05, 4.69) is 167 Å². The molecule has 6 nitrogen and oxygen atoms in total. The quantitative estimate of drug-likeness (QED) is 0.173. The molecule has 4 aromatic heterocycles. The summed E-state index contributed by atoms with van der Waals surface area (Å²) in [6.45, 7) is 4.66. The van der Waals surface area contributed by atoms with E-state index in [4.69, 9.17) is 14.7 Å².